The van der Waals surface area contributed by atoms with Crippen molar-refractivity contribution in [2.45, 2.75) is 39.3 Å². The Balaban J connectivity index is 1.97. The highest BCUT2D eigenvalue weighted by atomic mass is 16.5. The summed E-state index contributed by atoms with van der Waals surface area (Å²) in [6, 6.07) is 6.63. The van der Waals surface area contributed by atoms with E-state index in [1.54, 1.807) is 7.11 Å². The summed E-state index contributed by atoms with van der Waals surface area (Å²) in [5.41, 5.74) is 1.09. The molecule has 2 rings (SSSR count). The van der Waals surface area contributed by atoms with E-state index < -0.39 is 0 Å². The predicted molar refractivity (Wildman–Crippen MR) is 81.9 cm³/mol. The fraction of sp³-hybridized carbons (Fsp3) is 0.688. The normalized spacial score (nSPS) is 18.9. The van der Waals surface area contributed by atoms with Gasteiger partial charge in [0, 0.05) is 31.7 Å². The second-order valence-electron chi connectivity index (χ2n) is 6.05. The Labute approximate surface area is 122 Å². The van der Waals surface area contributed by atoms with Crippen LogP contribution in [0.1, 0.15) is 32.4 Å². The third kappa shape index (κ3) is 4.76. The number of pyridine rings is 1. The Morgan fingerprint density at radius 1 is 1.45 bits per heavy atom. The van der Waals surface area contributed by atoms with E-state index in [2.05, 4.69) is 35.1 Å². The SMILES string of the molecule is COc1cccc(CN(CC(C)C)CC2CCCN2)n1. The standard InChI is InChI=1S/C16H27N3O/c1-13(2)10-19(11-14-7-5-9-17-14)12-15-6-4-8-16(18-15)20-3/h4,6,8,13-14,17H,5,7,9-12H2,1-3H3. The molecule has 2 heterocycles. The van der Waals surface area contributed by atoms with Crippen molar-refractivity contribution >= 4 is 0 Å². The molecular formula is C16H27N3O. The lowest BCUT2D eigenvalue weighted by molar-refractivity contribution is 0.213. The molecule has 20 heavy (non-hydrogen) atoms. The minimum atomic E-state index is 0.638. The lowest BCUT2D eigenvalue weighted by Crippen LogP contribution is -2.39. The number of methoxy groups -OCH3 is 1. The summed E-state index contributed by atoms with van der Waals surface area (Å²) >= 11 is 0. The van der Waals surface area contributed by atoms with Crippen molar-refractivity contribution in [2.75, 3.05) is 26.7 Å². The van der Waals surface area contributed by atoms with Crippen LogP contribution < -0.4 is 10.1 Å². The quantitative estimate of drug-likeness (QED) is 0.830. The summed E-state index contributed by atoms with van der Waals surface area (Å²) in [6.45, 7) is 8.82. The van der Waals surface area contributed by atoms with Crippen LogP contribution in [0.3, 0.4) is 0 Å². The largest absolute Gasteiger partial charge is 0.481 e. The van der Waals surface area contributed by atoms with Gasteiger partial charge in [0.25, 0.3) is 0 Å². The molecule has 1 aromatic heterocycles. The maximum atomic E-state index is 5.21. The monoisotopic (exact) mass is 277 g/mol. The van der Waals surface area contributed by atoms with Crippen LogP contribution in [0.15, 0.2) is 18.2 Å². The van der Waals surface area contributed by atoms with E-state index in [-0.39, 0.29) is 0 Å². The van der Waals surface area contributed by atoms with Crippen molar-refractivity contribution in [3.63, 3.8) is 0 Å². The van der Waals surface area contributed by atoms with Crippen molar-refractivity contribution in [2.24, 2.45) is 5.92 Å². The summed E-state index contributed by atoms with van der Waals surface area (Å²) in [4.78, 5) is 7.04. The lowest BCUT2D eigenvalue weighted by atomic mass is 10.1. The maximum absolute atomic E-state index is 5.21. The minimum Gasteiger partial charge on any atom is -0.481 e. The van der Waals surface area contributed by atoms with Crippen LogP contribution in [0, 0.1) is 5.92 Å². The Kier molecular flexibility index (Phi) is 5.80. The molecule has 112 valence electrons. The van der Waals surface area contributed by atoms with Gasteiger partial charge in [-0.3, -0.25) is 4.90 Å². The smallest absolute Gasteiger partial charge is 0.213 e. The average Bonchev–Trinajstić information content (AvgIpc) is 2.91. The van der Waals surface area contributed by atoms with Gasteiger partial charge < -0.3 is 10.1 Å². The molecule has 4 heteroatoms. The number of nitrogens with zero attached hydrogens (tertiary/aromatic N) is 2. The van der Waals surface area contributed by atoms with E-state index in [9.17, 15) is 0 Å². The van der Waals surface area contributed by atoms with Crippen LogP contribution in [0.5, 0.6) is 5.88 Å². The zero-order valence-corrected chi connectivity index (χ0v) is 12.9. The van der Waals surface area contributed by atoms with Gasteiger partial charge in [0.15, 0.2) is 0 Å². The van der Waals surface area contributed by atoms with Crippen LogP contribution in [0.4, 0.5) is 0 Å². The van der Waals surface area contributed by atoms with Gasteiger partial charge in [-0.2, -0.15) is 0 Å². The van der Waals surface area contributed by atoms with Crippen LogP contribution in [0.2, 0.25) is 0 Å². The van der Waals surface area contributed by atoms with Crippen LogP contribution in [0.25, 0.3) is 0 Å². The summed E-state index contributed by atoms with van der Waals surface area (Å²) in [7, 11) is 1.67. The Morgan fingerprint density at radius 2 is 2.30 bits per heavy atom. The first kappa shape index (κ1) is 15.3. The molecule has 1 N–H and O–H groups in total. The molecule has 4 nitrogen and oxygen atoms in total. The first-order chi connectivity index (χ1) is 9.67. The Bertz CT molecular complexity index is 402. The summed E-state index contributed by atoms with van der Waals surface area (Å²) in [5, 5.41) is 3.58. The van der Waals surface area contributed by atoms with Crippen LogP contribution in [-0.2, 0) is 6.54 Å². The highest BCUT2D eigenvalue weighted by Gasteiger charge is 2.19. The zero-order chi connectivity index (χ0) is 14.4. The van der Waals surface area contributed by atoms with Gasteiger partial charge in [-0.05, 0) is 31.4 Å². The van der Waals surface area contributed by atoms with E-state index in [0.717, 1.165) is 31.9 Å². The van der Waals surface area contributed by atoms with Crippen molar-refractivity contribution in [3.05, 3.63) is 23.9 Å². The molecule has 0 spiro atoms. The summed E-state index contributed by atoms with van der Waals surface area (Å²) < 4.78 is 5.21. The third-order valence-corrected chi connectivity index (χ3v) is 3.64. The van der Waals surface area contributed by atoms with Gasteiger partial charge in [-0.25, -0.2) is 4.98 Å². The molecule has 0 amide bonds. The summed E-state index contributed by atoms with van der Waals surface area (Å²) in [5.74, 6) is 1.37. The molecule has 1 fully saturated rings. The number of aromatic nitrogens is 1. The number of hydrogen-bond acceptors (Lipinski definition) is 4. The van der Waals surface area contributed by atoms with Gasteiger partial charge in [0.2, 0.25) is 5.88 Å². The zero-order valence-electron chi connectivity index (χ0n) is 12.9. The Morgan fingerprint density at radius 3 is 2.95 bits per heavy atom. The van der Waals surface area contributed by atoms with E-state index >= 15 is 0 Å². The number of rotatable bonds is 7. The van der Waals surface area contributed by atoms with Crippen LogP contribution in [-0.4, -0.2) is 42.7 Å². The maximum Gasteiger partial charge on any atom is 0.213 e. The van der Waals surface area contributed by atoms with E-state index in [1.165, 1.54) is 12.8 Å². The molecule has 1 unspecified atom stereocenters. The fourth-order valence-corrected chi connectivity index (χ4v) is 2.83. The molecule has 1 aromatic rings. The van der Waals surface area contributed by atoms with Gasteiger partial charge in [-0.1, -0.05) is 19.9 Å². The molecule has 0 saturated carbocycles. The molecule has 0 bridgehead atoms. The van der Waals surface area contributed by atoms with Gasteiger partial charge in [0.05, 0.1) is 12.8 Å². The number of hydrogen-bond donors (Lipinski definition) is 1. The molecule has 1 atom stereocenters. The minimum absolute atomic E-state index is 0.638. The number of ether oxygens (including phenoxy) is 1. The first-order valence-electron chi connectivity index (χ1n) is 7.63. The molecule has 1 aliphatic heterocycles. The highest BCUT2D eigenvalue weighted by Crippen LogP contribution is 2.13. The fourth-order valence-electron chi connectivity index (χ4n) is 2.83. The second kappa shape index (κ2) is 7.60. The molecule has 0 aromatic carbocycles. The number of nitrogens with one attached hydrogen (secondary N) is 1. The van der Waals surface area contributed by atoms with Crippen molar-refractivity contribution in [3.8, 4) is 5.88 Å². The van der Waals surface area contributed by atoms with Crippen molar-refractivity contribution < 1.29 is 4.74 Å². The average molecular weight is 277 g/mol. The van der Waals surface area contributed by atoms with Gasteiger partial charge in [0.1, 0.15) is 0 Å². The van der Waals surface area contributed by atoms with Crippen molar-refractivity contribution in [1.82, 2.24) is 15.2 Å². The lowest BCUT2D eigenvalue weighted by Gasteiger charge is -2.27. The molecule has 1 aliphatic rings. The molecule has 0 aliphatic carbocycles. The highest BCUT2D eigenvalue weighted by molar-refractivity contribution is 5.15. The van der Waals surface area contributed by atoms with E-state index in [4.69, 9.17) is 4.74 Å². The van der Waals surface area contributed by atoms with E-state index in [0.29, 0.717) is 17.8 Å². The second-order valence-corrected chi connectivity index (χ2v) is 6.05. The van der Waals surface area contributed by atoms with Crippen molar-refractivity contribution in [1.29, 1.82) is 0 Å². The molecule has 0 radical (unpaired) electrons. The van der Waals surface area contributed by atoms with Gasteiger partial charge in [-0.15, -0.1) is 0 Å². The third-order valence-electron chi connectivity index (χ3n) is 3.64. The topological polar surface area (TPSA) is 37.4 Å². The Hall–Kier alpha value is -1.13. The van der Waals surface area contributed by atoms with Gasteiger partial charge >= 0.3 is 0 Å². The molecular weight excluding hydrogens is 250 g/mol. The van der Waals surface area contributed by atoms with Crippen LogP contribution >= 0.6 is 0 Å². The predicted octanol–water partition coefficient (Wildman–Crippen LogP) is 2.30. The first-order valence-corrected chi connectivity index (χ1v) is 7.63. The molecule has 1 saturated heterocycles. The van der Waals surface area contributed by atoms with E-state index in [1.807, 2.05) is 12.1 Å². The summed E-state index contributed by atoms with van der Waals surface area (Å²) in [6.07, 6.45) is 2.59.